The molecule has 2 heterocycles. The minimum Gasteiger partial charge on any atom is -0.493 e. The average Bonchev–Trinajstić information content (AvgIpc) is 3.50. The van der Waals surface area contributed by atoms with Gasteiger partial charge in [-0.15, -0.1) is 0 Å². The molecule has 2 aromatic carbocycles. The zero-order valence-electron chi connectivity index (χ0n) is 23.7. The fraction of sp³-hybridized carbons (Fsp3) is 0.483. The summed E-state index contributed by atoms with van der Waals surface area (Å²) >= 11 is 0. The number of halogens is 1. The molecule has 1 saturated heterocycles. The van der Waals surface area contributed by atoms with E-state index in [1.807, 2.05) is 25.7 Å². The number of ketones is 1. The van der Waals surface area contributed by atoms with Gasteiger partial charge in [-0.3, -0.25) is 10.2 Å². The third-order valence-electron chi connectivity index (χ3n) is 7.30. The number of nitrogens with zero attached hydrogens (tertiary/aromatic N) is 2. The summed E-state index contributed by atoms with van der Waals surface area (Å²) in [7, 11) is 4.39. The molecular formula is C29H36FN3O7. The van der Waals surface area contributed by atoms with Gasteiger partial charge in [0.15, 0.2) is 29.7 Å². The van der Waals surface area contributed by atoms with Crippen molar-refractivity contribution in [3.8, 4) is 17.2 Å². The number of carboxylic acid groups (broad SMARTS) is 1. The summed E-state index contributed by atoms with van der Waals surface area (Å²) in [6, 6.07) is 5.07. The zero-order chi connectivity index (χ0) is 29.4. The first-order valence-electron chi connectivity index (χ1n) is 13.0. The Hall–Kier alpha value is -3.86. The second-order valence-corrected chi connectivity index (χ2v) is 11.0. The van der Waals surface area contributed by atoms with Crippen LogP contribution in [0, 0.1) is 11.2 Å². The van der Waals surface area contributed by atoms with Crippen LogP contribution in [-0.4, -0.2) is 81.3 Å². The van der Waals surface area contributed by atoms with Crippen LogP contribution in [0.25, 0.3) is 0 Å². The Bertz CT molecular complexity index is 1340. The van der Waals surface area contributed by atoms with Gasteiger partial charge in [0.25, 0.3) is 0 Å². The maximum atomic E-state index is 15.2. The Morgan fingerprint density at radius 1 is 1.12 bits per heavy atom. The molecule has 216 valence electrons. The van der Waals surface area contributed by atoms with Gasteiger partial charge in [-0.1, -0.05) is 20.8 Å². The number of amidine groups is 1. The van der Waals surface area contributed by atoms with Crippen LogP contribution in [0.1, 0.15) is 54.2 Å². The topological polar surface area (TPSA) is 122 Å². The van der Waals surface area contributed by atoms with Gasteiger partial charge in [0.2, 0.25) is 0 Å². The molecule has 0 aliphatic carbocycles. The second kappa shape index (κ2) is 11.3. The average molecular weight is 558 g/mol. The van der Waals surface area contributed by atoms with E-state index in [0.29, 0.717) is 41.2 Å². The Labute approximate surface area is 233 Å². The number of benzene rings is 2. The van der Waals surface area contributed by atoms with E-state index in [-0.39, 0.29) is 47.9 Å². The number of methoxy groups -OCH3 is 3. The number of hydrogen-bond donors (Lipinski definition) is 2. The molecule has 0 radical (unpaired) electrons. The summed E-state index contributed by atoms with van der Waals surface area (Å²) in [6.07, 6.45) is 0.775. The maximum absolute atomic E-state index is 15.2. The summed E-state index contributed by atoms with van der Waals surface area (Å²) in [5, 5.41) is 17.9. The molecule has 2 aliphatic heterocycles. The summed E-state index contributed by atoms with van der Waals surface area (Å²) < 4.78 is 37.0. The number of fused-ring (bicyclic) bond motifs is 1. The first-order chi connectivity index (χ1) is 18.9. The van der Waals surface area contributed by atoms with Crippen LogP contribution in [0.3, 0.4) is 0 Å². The van der Waals surface area contributed by atoms with Crippen LogP contribution in [0.5, 0.6) is 17.2 Å². The largest absolute Gasteiger partial charge is 0.493 e. The predicted molar refractivity (Wildman–Crippen MR) is 147 cm³/mol. The van der Waals surface area contributed by atoms with Crippen molar-refractivity contribution in [3.63, 3.8) is 0 Å². The Morgan fingerprint density at radius 3 is 2.42 bits per heavy atom. The molecule has 0 spiro atoms. The molecule has 0 aromatic heterocycles. The molecule has 10 nitrogen and oxygen atoms in total. The lowest BCUT2D eigenvalue weighted by molar-refractivity contribution is -0.139. The van der Waals surface area contributed by atoms with Crippen molar-refractivity contribution in [1.82, 2.24) is 4.90 Å². The van der Waals surface area contributed by atoms with E-state index >= 15 is 4.39 Å². The summed E-state index contributed by atoms with van der Waals surface area (Å²) in [5.74, 6) is -1.62. The van der Waals surface area contributed by atoms with Gasteiger partial charge >= 0.3 is 5.97 Å². The number of ether oxygens (including phenoxy) is 4. The van der Waals surface area contributed by atoms with Gasteiger partial charge in [-0.25, -0.2) is 9.18 Å². The summed E-state index contributed by atoms with van der Waals surface area (Å²) in [5.41, 5.74) is 1.84. The highest BCUT2D eigenvalue weighted by Gasteiger charge is 2.34. The highest BCUT2D eigenvalue weighted by Crippen LogP contribution is 2.42. The van der Waals surface area contributed by atoms with E-state index in [9.17, 15) is 14.7 Å². The summed E-state index contributed by atoms with van der Waals surface area (Å²) in [4.78, 5) is 28.6. The van der Waals surface area contributed by atoms with Gasteiger partial charge in [-0.2, -0.15) is 0 Å². The number of carboxylic acids is 1. The smallest absolute Gasteiger partial charge is 0.341 e. The Morgan fingerprint density at radius 2 is 1.85 bits per heavy atom. The minimum atomic E-state index is -1.10. The van der Waals surface area contributed by atoms with Crippen LogP contribution in [0.2, 0.25) is 0 Å². The Kier molecular flexibility index (Phi) is 8.25. The molecule has 2 N–H and O–H groups in total. The molecule has 0 saturated carbocycles. The summed E-state index contributed by atoms with van der Waals surface area (Å²) in [6.45, 7) is 6.60. The van der Waals surface area contributed by atoms with Crippen LogP contribution < -0.4 is 19.1 Å². The van der Waals surface area contributed by atoms with Crippen molar-refractivity contribution in [2.75, 3.05) is 52.5 Å². The molecule has 2 aliphatic rings. The first-order valence-corrected chi connectivity index (χ1v) is 13.0. The quantitative estimate of drug-likeness (QED) is 0.420. The monoisotopic (exact) mass is 557 g/mol. The normalized spacial score (nSPS) is 16.8. The molecule has 0 bridgehead atoms. The van der Waals surface area contributed by atoms with Gasteiger partial charge in [0, 0.05) is 37.9 Å². The van der Waals surface area contributed by atoms with E-state index in [0.717, 1.165) is 6.42 Å². The minimum absolute atomic E-state index is 0.00257. The van der Waals surface area contributed by atoms with E-state index in [1.165, 1.54) is 19.1 Å². The molecule has 4 rings (SSSR count). The molecule has 2 aromatic rings. The van der Waals surface area contributed by atoms with Crippen molar-refractivity contribution < 1.29 is 38.0 Å². The van der Waals surface area contributed by atoms with Gasteiger partial charge in [0.1, 0.15) is 11.6 Å². The number of carbonyl (C=O) groups excluding carboxylic acids is 1. The van der Waals surface area contributed by atoms with Crippen LogP contribution in [0.4, 0.5) is 10.1 Å². The molecule has 11 heteroatoms. The lowest BCUT2D eigenvalue weighted by Gasteiger charge is -2.29. The van der Waals surface area contributed by atoms with Crippen molar-refractivity contribution in [1.29, 1.82) is 5.41 Å². The third kappa shape index (κ3) is 5.56. The SMILES string of the molecule is COc1cc2c(c(F)c1OC)C(=N)N(CC(=O)c1cc(N3CCC(OC)C3)c(OCC(=O)O)c(C(C)(C)C)c1)C2. The number of hydrogen-bond acceptors (Lipinski definition) is 8. The van der Waals surface area contributed by atoms with Gasteiger partial charge in [0.05, 0.1) is 38.1 Å². The molecule has 40 heavy (non-hydrogen) atoms. The standard InChI is InChI=1S/C29H36FN3O7/c1-29(2,3)19-9-16(10-20(26(19)40-15-23(35)36)32-8-7-18(13-32)37-4)21(34)14-33-12-17-11-22(38-5)27(39-6)25(30)24(17)28(33)31/h9-11,18,31H,7-8,12-15H2,1-6H3,(H,35,36). The van der Waals surface area contributed by atoms with E-state index < -0.39 is 23.8 Å². The molecule has 1 atom stereocenters. The predicted octanol–water partition coefficient (Wildman–Crippen LogP) is 3.85. The zero-order valence-corrected chi connectivity index (χ0v) is 23.7. The van der Waals surface area contributed by atoms with Crippen molar-refractivity contribution in [2.45, 2.75) is 45.3 Å². The highest BCUT2D eigenvalue weighted by atomic mass is 19.1. The number of rotatable bonds is 10. The first kappa shape index (κ1) is 29.1. The lowest BCUT2D eigenvalue weighted by atomic mass is 9.84. The van der Waals surface area contributed by atoms with Crippen molar-refractivity contribution >= 4 is 23.3 Å². The van der Waals surface area contributed by atoms with Gasteiger partial charge < -0.3 is 33.9 Å². The van der Waals surface area contributed by atoms with E-state index in [1.54, 1.807) is 25.3 Å². The van der Waals surface area contributed by atoms with Crippen LogP contribution >= 0.6 is 0 Å². The maximum Gasteiger partial charge on any atom is 0.341 e. The molecule has 0 amide bonds. The number of aliphatic carboxylic acids is 1. The van der Waals surface area contributed by atoms with E-state index in [2.05, 4.69) is 0 Å². The Balaban J connectivity index is 1.70. The highest BCUT2D eigenvalue weighted by molar-refractivity contribution is 6.06. The lowest BCUT2D eigenvalue weighted by Crippen LogP contribution is -2.31. The second-order valence-electron chi connectivity index (χ2n) is 11.0. The number of nitrogens with one attached hydrogen (secondary N) is 1. The van der Waals surface area contributed by atoms with Crippen LogP contribution in [0.15, 0.2) is 18.2 Å². The molecule has 1 fully saturated rings. The number of carbonyl (C=O) groups is 2. The fourth-order valence-electron chi connectivity index (χ4n) is 5.22. The van der Waals surface area contributed by atoms with Crippen molar-refractivity contribution in [3.05, 3.63) is 46.3 Å². The van der Waals surface area contributed by atoms with E-state index in [4.69, 9.17) is 24.4 Å². The van der Waals surface area contributed by atoms with Crippen LogP contribution in [-0.2, 0) is 21.5 Å². The third-order valence-corrected chi connectivity index (χ3v) is 7.30. The number of anilines is 1. The fourth-order valence-corrected chi connectivity index (χ4v) is 5.22. The molecule has 1 unspecified atom stereocenters. The van der Waals surface area contributed by atoms with Crippen molar-refractivity contribution in [2.24, 2.45) is 0 Å². The molecular weight excluding hydrogens is 521 g/mol. The van der Waals surface area contributed by atoms with Gasteiger partial charge in [-0.05, 0) is 35.6 Å². The number of Topliss-reactive ketones (excluding diaryl/α,β-unsaturated/α-hetero) is 1.